The van der Waals surface area contributed by atoms with Crippen LogP contribution in [0.4, 0.5) is 13.2 Å². The van der Waals surface area contributed by atoms with Crippen molar-refractivity contribution < 1.29 is 17.6 Å². The van der Waals surface area contributed by atoms with Gasteiger partial charge < -0.3 is 15.1 Å². The highest BCUT2D eigenvalue weighted by Crippen LogP contribution is 2.24. The van der Waals surface area contributed by atoms with Gasteiger partial charge in [0.05, 0.1) is 12.5 Å². The van der Waals surface area contributed by atoms with E-state index in [0.29, 0.717) is 12.3 Å². The average Bonchev–Trinajstić information content (AvgIpc) is 2.79. The van der Waals surface area contributed by atoms with E-state index in [1.165, 1.54) is 0 Å². The minimum atomic E-state index is -4.14. The molecular formula is C14H17F3N2O. The van der Waals surface area contributed by atoms with Crippen LogP contribution in [0, 0.1) is 0 Å². The van der Waals surface area contributed by atoms with E-state index < -0.39 is 18.6 Å². The second-order valence-corrected chi connectivity index (χ2v) is 4.92. The minimum Gasteiger partial charge on any atom is -0.459 e. The number of hydrogen-bond acceptors (Lipinski definition) is 3. The molecule has 0 spiro atoms. The lowest BCUT2D eigenvalue weighted by molar-refractivity contribution is -0.137. The van der Waals surface area contributed by atoms with Crippen LogP contribution in [0.2, 0.25) is 0 Å². The fraction of sp³-hybridized carbons (Fsp3) is 0.429. The molecule has 0 amide bonds. The molecule has 0 saturated heterocycles. The topological polar surface area (TPSA) is 42.4 Å². The number of benzene rings is 1. The highest BCUT2D eigenvalue weighted by atomic mass is 19.4. The first-order valence-electron chi connectivity index (χ1n) is 6.34. The van der Waals surface area contributed by atoms with Gasteiger partial charge in [0.2, 0.25) is 0 Å². The predicted molar refractivity (Wildman–Crippen MR) is 71.3 cm³/mol. The second-order valence-electron chi connectivity index (χ2n) is 4.92. The zero-order chi connectivity index (χ0) is 14.8. The molecule has 0 aliphatic heterocycles. The van der Waals surface area contributed by atoms with Gasteiger partial charge in [0.15, 0.2) is 0 Å². The Morgan fingerprint density at radius 1 is 1.30 bits per heavy atom. The number of rotatable bonds is 5. The van der Waals surface area contributed by atoms with E-state index in [0.717, 1.165) is 11.0 Å². The number of nitrogens with two attached hydrogens (primary N) is 1. The zero-order valence-corrected chi connectivity index (χ0v) is 11.2. The molecule has 2 rings (SSSR count). The quantitative estimate of drug-likeness (QED) is 0.917. The second kappa shape index (κ2) is 5.85. The van der Waals surface area contributed by atoms with E-state index in [-0.39, 0.29) is 6.54 Å². The van der Waals surface area contributed by atoms with Crippen LogP contribution in [-0.4, -0.2) is 31.2 Å². The Kier molecular flexibility index (Phi) is 4.35. The monoisotopic (exact) mass is 286 g/mol. The summed E-state index contributed by atoms with van der Waals surface area (Å²) in [6.45, 7) is 0.243. The summed E-state index contributed by atoms with van der Waals surface area (Å²) in [7, 11) is 1.62. The Bertz CT molecular complexity index is 532. The van der Waals surface area contributed by atoms with E-state index in [9.17, 15) is 13.2 Å². The maximum atomic E-state index is 12.1. The molecule has 0 saturated carbocycles. The molecule has 110 valence electrons. The number of likely N-dealkylation sites (N-methyl/N-ethyl adjacent to an activating group) is 1. The first kappa shape index (κ1) is 14.9. The molecule has 0 aliphatic carbocycles. The standard InChI is InChI=1S/C14H17F3N2O/c1-19(7-6-14(15,16)17)9-11(18)13-8-10-4-2-3-5-12(10)20-13/h2-5,8,11H,6-7,9,18H2,1H3. The van der Waals surface area contributed by atoms with Crippen molar-refractivity contribution in [2.24, 2.45) is 5.73 Å². The maximum absolute atomic E-state index is 12.1. The van der Waals surface area contributed by atoms with Crippen molar-refractivity contribution in [1.82, 2.24) is 4.90 Å². The molecule has 0 radical (unpaired) electrons. The molecule has 1 heterocycles. The lowest BCUT2D eigenvalue weighted by Crippen LogP contribution is -2.31. The molecule has 1 unspecified atom stereocenters. The van der Waals surface area contributed by atoms with E-state index in [1.54, 1.807) is 11.9 Å². The Labute approximate surface area is 115 Å². The number of halogens is 3. The molecule has 2 aromatic rings. The predicted octanol–water partition coefficient (Wildman–Crippen LogP) is 3.32. The Balaban J connectivity index is 1.95. The van der Waals surface area contributed by atoms with Crippen molar-refractivity contribution in [3.8, 4) is 0 Å². The van der Waals surface area contributed by atoms with Gasteiger partial charge in [0.25, 0.3) is 0 Å². The lowest BCUT2D eigenvalue weighted by atomic mass is 10.2. The molecule has 0 bridgehead atoms. The summed E-state index contributed by atoms with van der Waals surface area (Å²) >= 11 is 0. The van der Waals surface area contributed by atoms with Crippen molar-refractivity contribution in [1.29, 1.82) is 0 Å². The van der Waals surface area contributed by atoms with Crippen LogP contribution in [-0.2, 0) is 0 Å². The summed E-state index contributed by atoms with van der Waals surface area (Å²) in [6, 6.07) is 8.87. The Morgan fingerprint density at radius 2 is 2.00 bits per heavy atom. The van der Waals surface area contributed by atoms with Crippen LogP contribution in [0.1, 0.15) is 18.2 Å². The number of para-hydroxylation sites is 1. The smallest absolute Gasteiger partial charge is 0.390 e. The van der Waals surface area contributed by atoms with Crippen molar-refractivity contribution in [2.75, 3.05) is 20.1 Å². The highest BCUT2D eigenvalue weighted by Gasteiger charge is 2.27. The molecule has 1 aromatic carbocycles. The van der Waals surface area contributed by atoms with Crippen LogP contribution < -0.4 is 5.73 Å². The van der Waals surface area contributed by atoms with Crippen LogP contribution >= 0.6 is 0 Å². The van der Waals surface area contributed by atoms with Gasteiger partial charge in [-0.3, -0.25) is 0 Å². The van der Waals surface area contributed by atoms with E-state index in [1.807, 2.05) is 30.3 Å². The van der Waals surface area contributed by atoms with Gasteiger partial charge >= 0.3 is 6.18 Å². The third-order valence-corrected chi connectivity index (χ3v) is 3.10. The van der Waals surface area contributed by atoms with Gasteiger partial charge in [-0.1, -0.05) is 18.2 Å². The Morgan fingerprint density at radius 3 is 2.65 bits per heavy atom. The van der Waals surface area contributed by atoms with Crippen molar-refractivity contribution in [2.45, 2.75) is 18.6 Å². The largest absolute Gasteiger partial charge is 0.459 e. The molecule has 1 atom stereocenters. The fourth-order valence-corrected chi connectivity index (χ4v) is 2.02. The molecule has 0 fully saturated rings. The number of fused-ring (bicyclic) bond motifs is 1. The number of nitrogens with zero attached hydrogens (tertiary/aromatic N) is 1. The van der Waals surface area contributed by atoms with E-state index in [4.69, 9.17) is 10.2 Å². The summed E-state index contributed by atoms with van der Waals surface area (Å²) in [6.07, 6.45) is -4.98. The average molecular weight is 286 g/mol. The van der Waals surface area contributed by atoms with Gasteiger partial charge in [0.1, 0.15) is 11.3 Å². The van der Waals surface area contributed by atoms with Crippen LogP contribution in [0.3, 0.4) is 0 Å². The zero-order valence-electron chi connectivity index (χ0n) is 11.2. The molecule has 20 heavy (non-hydrogen) atoms. The number of hydrogen-bond donors (Lipinski definition) is 1. The lowest BCUT2D eigenvalue weighted by Gasteiger charge is -2.20. The molecular weight excluding hydrogens is 269 g/mol. The molecule has 1 aromatic heterocycles. The SMILES string of the molecule is CN(CCC(F)(F)F)CC(N)c1cc2ccccc2o1. The van der Waals surface area contributed by atoms with Crippen LogP contribution in [0.5, 0.6) is 0 Å². The normalized spacial score (nSPS) is 14.1. The maximum Gasteiger partial charge on any atom is 0.390 e. The van der Waals surface area contributed by atoms with Crippen LogP contribution in [0.15, 0.2) is 34.7 Å². The fourth-order valence-electron chi connectivity index (χ4n) is 2.02. The third kappa shape index (κ3) is 3.98. The van der Waals surface area contributed by atoms with Gasteiger partial charge in [-0.15, -0.1) is 0 Å². The van der Waals surface area contributed by atoms with Crippen molar-refractivity contribution in [3.63, 3.8) is 0 Å². The van der Waals surface area contributed by atoms with Gasteiger partial charge in [-0.2, -0.15) is 13.2 Å². The van der Waals surface area contributed by atoms with Crippen LogP contribution in [0.25, 0.3) is 11.0 Å². The van der Waals surface area contributed by atoms with Gasteiger partial charge in [-0.25, -0.2) is 0 Å². The summed E-state index contributed by atoms with van der Waals surface area (Å²) in [4.78, 5) is 1.56. The van der Waals surface area contributed by atoms with Crippen molar-refractivity contribution >= 4 is 11.0 Å². The number of furan rings is 1. The Hall–Kier alpha value is -1.53. The molecule has 0 aliphatic rings. The first-order valence-corrected chi connectivity index (χ1v) is 6.34. The van der Waals surface area contributed by atoms with Crippen molar-refractivity contribution in [3.05, 3.63) is 36.1 Å². The number of alkyl halides is 3. The summed E-state index contributed by atoms with van der Waals surface area (Å²) in [5.41, 5.74) is 6.71. The third-order valence-electron chi connectivity index (χ3n) is 3.10. The molecule has 3 nitrogen and oxygen atoms in total. The van der Waals surface area contributed by atoms with Gasteiger partial charge in [-0.05, 0) is 19.2 Å². The highest BCUT2D eigenvalue weighted by molar-refractivity contribution is 5.77. The van der Waals surface area contributed by atoms with Gasteiger partial charge in [0, 0.05) is 18.5 Å². The summed E-state index contributed by atoms with van der Waals surface area (Å²) < 4.78 is 42.0. The van der Waals surface area contributed by atoms with E-state index >= 15 is 0 Å². The molecule has 2 N–H and O–H groups in total. The molecule has 6 heteroatoms. The van der Waals surface area contributed by atoms with E-state index in [2.05, 4.69) is 0 Å². The summed E-state index contributed by atoms with van der Waals surface area (Å²) in [5, 5.41) is 0.941. The minimum absolute atomic E-state index is 0.0720. The summed E-state index contributed by atoms with van der Waals surface area (Å²) in [5.74, 6) is 0.588. The first-order chi connectivity index (χ1) is 9.35.